The van der Waals surface area contributed by atoms with Crippen molar-refractivity contribution < 1.29 is 13.7 Å². The summed E-state index contributed by atoms with van der Waals surface area (Å²) in [6.07, 6.45) is 1.90. The van der Waals surface area contributed by atoms with E-state index in [0.717, 1.165) is 12.8 Å². The highest BCUT2D eigenvalue weighted by molar-refractivity contribution is 7.85. The van der Waals surface area contributed by atoms with Crippen LogP contribution in [0.1, 0.15) is 26.7 Å². The molecule has 2 unspecified atom stereocenters. The minimum absolute atomic E-state index is 0.0751. The second-order valence-corrected chi connectivity index (χ2v) is 6.08. The van der Waals surface area contributed by atoms with E-state index in [1.807, 2.05) is 6.92 Å². The van der Waals surface area contributed by atoms with Crippen molar-refractivity contribution in [2.45, 2.75) is 37.6 Å². The van der Waals surface area contributed by atoms with Gasteiger partial charge in [0.1, 0.15) is 11.5 Å². The summed E-state index contributed by atoms with van der Waals surface area (Å²) in [7, 11) is 0.0388. The fourth-order valence-electron chi connectivity index (χ4n) is 1.89. The number of anilines is 1. The molecule has 0 aliphatic carbocycles. The summed E-state index contributed by atoms with van der Waals surface area (Å²) in [6, 6.07) is 4.98. The van der Waals surface area contributed by atoms with Gasteiger partial charge in [-0.2, -0.15) is 0 Å². The molecule has 6 heteroatoms. The van der Waals surface area contributed by atoms with Gasteiger partial charge in [-0.25, -0.2) is 0 Å². The Bertz CT molecular complexity index is 491. The lowest BCUT2D eigenvalue weighted by atomic mass is 10.2. The monoisotopic (exact) mass is 298 g/mol. The Morgan fingerprint density at radius 2 is 2.20 bits per heavy atom. The molecule has 1 rings (SSSR count). The zero-order valence-electron chi connectivity index (χ0n) is 12.1. The average Bonchev–Trinajstić information content (AvgIpc) is 2.38. The van der Waals surface area contributed by atoms with E-state index in [2.05, 4.69) is 12.2 Å². The number of carbonyl (C=O) groups is 1. The van der Waals surface area contributed by atoms with Crippen molar-refractivity contribution in [2.75, 3.05) is 18.6 Å². The maximum absolute atomic E-state index is 12.2. The first-order chi connectivity index (χ1) is 9.47. The number of nitrogens with two attached hydrogens (primary N) is 1. The van der Waals surface area contributed by atoms with Crippen LogP contribution in [0.15, 0.2) is 23.1 Å². The lowest BCUT2D eigenvalue weighted by Crippen LogP contribution is -2.35. The van der Waals surface area contributed by atoms with Gasteiger partial charge in [-0.3, -0.25) is 9.00 Å². The van der Waals surface area contributed by atoms with Crippen LogP contribution in [-0.4, -0.2) is 29.0 Å². The van der Waals surface area contributed by atoms with Crippen molar-refractivity contribution in [3.8, 4) is 5.75 Å². The van der Waals surface area contributed by atoms with Crippen molar-refractivity contribution in [1.29, 1.82) is 0 Å². The number of ether oxygens (including phenoxy) is 1. The van der Waals surface area contributed by atoms with Gasteiger partial charge < -0.3 is 15.8 Å². The van der Waals surface area contributed by atoms with Gasteiger partial charge in [0.15, 0.2) is 0 Å². The molecule has 0 aromatic heterocycles. The van der Waals surface area contributed by atoms with Crippen molar-refractivity contribution >= 4 is 22.4 Å². The van der Waals surface area contributed by atoms with Crippen LogP contribution in [0.4, 0.5) is 5.69 Å². The molecule has 0 bridgehead atoms. The predicted molar refractivity (Wildman–Crippen MR) is 81.2 cm³/mol. The van der Waals surface area contributed by atoms with Crippen LogP contribution >= 0.6 is 0 Å². The lowest BCUT2D eigenvalue weighted by Gasteiger charge is -2.13. The maximum atomic E-state index is 12.2. The second kappa shape index (κ2) is 7.89. The van der Waals surface area contributed by atoms with Gasteiger partial charge in [-0.05, 0) is 25.5 Å². The number of rotatable bonds is 7. The summed E-state index contributed by atoms with van der Waals surface area (Å²) in [4.78, 5) is 12.3. The van der Waals surface area contributed by atoms with Gasteiger partial charge in [-0.1, -0.05) is 13.3 Å². The standard InChI is InChI=1S/C14H22N2O3S/c1-4-5-10(2)16-14(17)9-20(18)13-7-6-11(15)8-12(13)19-3/h6-8,10H,4-5,9,15H2,1-3H3,(H,16,17). The van der Waals surface area contributed by atoms with Crippen LogP contribution in [0.3, 0.4) is 0 Å². The van der Waals surface area contributed by atoms with Crippen LogP contribution in [0.2, 0.25) is 0 Å². The first-order valence-electron chi connectivity index (χ1n) is 6.59. The molecule has 0 saturated carbocycles. The first-order valence-corrected chi connectivity index (χ1v) is 7.91. The first kappa shape index (κ1) is 16.5. The van der Waals surface area contributed by atoms with E-state index in [0.29, 0.717) is 16.3 Å². The van der Waals surface area contributed by atoms with Crippen LogP contribution in [0.5, 0.6) is 5.75 Å². The van der Waals surface area contributed by atoms with Crippen molar-refractivity contribution in [3.05, 3.63) is 18.2 Å². The van der Waals surface area contributed by atoms with E-state index < -0.39 is 10.8 Å². The fraction of sp³-hybridized carbons (Fsp3) is 0.500. The summed E-state index contributed by atoms with van der Waals surface area (Å²) in [5.41, 5.74) is 6.18. The van der Waals surface area contributed by atoms with Gasteiger partial charge in [0.25, 0.3) is 0 Å². The van der Waals surface area contributed by atoms with Crippen LogP contribution < -0.4 is 15.8 Å². The highest BCUT2D eigenvalue weighted by Crippen LogP contribution is 2.24. The molecule has 112 valence electrons. The molecule has 0 saturated heterocycles. The molecule has 1 amide bonds. The third-order valence-electron chi connectivity index (χ3n) is 2.82. The normalized spacial score (nSPS) is 13.6. The predicted octanol–water partition coefficient (Wildman–Crippen LogP) is 1.69. The minimum Gasteiger partial charge on any atom is -0.495 e. The lowest BCUT2D eigenvalue weighted by molar-refractivity contribution is -0.119. The molecule has 0 aliphatic heterocycles. The molecule has 0 radical (unpaired) electrons. The van der Waals surface area contributed by atoms with E-state index in [1.54, 1.807) is 18.2 Å². The largest absolute Gasteiger partial charge is 0.495 e. The number of nitrogens with one attached hydrogen (secondary N) is 1. The molecule has 0 spiro atoms. The highest BCUT2D eigenvalue weighted by Gasteiger charge is 2.16. The highest BCUT2D eigenvalue weighted by atomic mass is 32.2. The molecule has 3 N–H and O–H groups in total. The topological polar surface area (TPSA) is 81.4 Å². The number of carbonyl (C=O) groups excluding carboxylic acids is 1. The smallest absolute Gasteiger partial charge is 0.233 e. The second-order valence-electron chi connectivity index (χ2n) is 4.66. The molecule has 1 aromatic rings. The Hall–Kier alpha value is -1.56. The SMILES string of the molecule is CCCC(C)NC(=O)CS(=O)c1ccc(N)cc1OC. The van der Waals surface area contributed by atoms with Crippen LogP contribution in [-0.2, 0) is 15.6 Å². The number of hydrogen-bond acceptors (Lipinski definition) is 4. The number of methoxy groups -OCH3 is 1. The Morgan fingerprint density at radius 1 is 1.50 bits per heavy atom. The molecular formula is C14H22N2O3S. The molecule has 0 aliphatic rings. The van der Waals surface area contributed by atoms with E-state index in [9.17, 15) is 9.00 Å². The summed E-state index contributed by atoms with van der Waals surface area (Å²) in [5, 5.41) is 2.83. The van der Waals surface area contributed by atoms with Crippen molar-refractivity contribution in [3.63, 3.8) is 0 Å². The summed E-state index contributed by atoms with van der Waals surface area (Å²) in [5.74, 6) is 0.148. The number of hydrogen-bond donors (Lipinski definition) is 2. The van der Waals surface area contributed by atoms with Gasteiger partial charge in [0.2, 0.25) is 5.91 Å². The Balaban J connectivity index is 2.69. The average molecular weight is 298 g/mol. The number of amides is 1. The Kier molecular flexibility index (Phi) is 6.51. The molecule has 20 heavy (non-hydrogen) atoms. The maximum Gasteiger partial charge on any atom is 0.233 e. The molecule has 0 heterocycles. The van der Waals surface area contributed by atoms with Crippen molar-refractivity contribution in [2.24, 2.45) is 0 Å². The molecule has 0 fully saturated rings. The molecule has 2 atom stereocenters. The Morgan fingerprint density at radius 3 is 2.80 bits per heavy atom. The van der Waals surface area contributed by atoms with Gasteiger partial charge in [0.05, 0.1) is 22.8 Å². The molecule has 5 nitrogen and oxygen atoms in total. The summed E-state index contributed by atoms with van der Waals surface area (Å²) < 4.78 is 17.4. The number of nitrogen functional groups attached to an aromatic ring is 1. The van der Waals surface area contributed by atoms with Crippen LogP contribution in [0, 0.1) is 0 Å². The van der Waals surface area contributed by atoms with Gasteiger partial charge in [0, 0.05) is 17.8 Å². The van der Waals surface area contributed by atoms with E-state index in [1.165, 1.54) is 7.11 Å². The Labute approximate surface area is 122 Å². The van der Waals surface area contributed by atoms with Crippen molar-refractivity contribution in [1.82, 2.24) is 5.32 Å². The van der Waals surface area contributed by atoms with E-state index in [4.69, 9.17) is 10.5 Å². The quantitative estimate of drug-likeness (QED) is 0.751. The minimum atomic E-state index is -1.45. The molecule has 1 aromatic carbocycles. The third-order valence-corrected chi connectivity index (χ3v) is 4.18. The fourth-order valence-corrected chi connectivity index (χ4v) is 2.95. The van der Waals surface area contributed by atoms with E-state index in [-0.39, 0.29) is 17.7 Å². The zero-order valence-corrected chi connectivity index (χ0v) is 13.0. The van der Waals surface area contributed by atoms with Crippen LogP contribution in [0.25, 0.3) is 0 Å². The summed E-state index contributed by atoms with van der Waals surface area (Å²) >= 11 is 0. The van der Waals surface area contributed by atoms with E-state index >= 15 is 0 Å². The zero-order chi connectivity index (χ0) is 15.1. The third kappa shape index (κ3) is 4.85. The van der Waals surface area contributed by atoms with Gasteiger partial charge in [-0.15, -0.1) is 0 Å². The summed E-state index contributed by atoms with van der Waals surface area (Å²) in [6.45, 7) is 3.99. The molecular weight excluding hydrogens is 276 g/mol. The van der Waals surface area contributed by atoms with Gasteiger partial charge >= 0.3 is 0 Å². The number of benzene rings is 1.